The summed E-state index contributed by atoms with van der Waals surface area (Å²) in [5, 5.41) is 11.6. The lowest BCUT2D eigenvalue weighted by molar-refractivity contribution is 0.352. The molecule has 0 fully saturated rings. The zero-order valence-corrected chi connectivity index (χ0v) is 12.0. The quantitative estimate of drug-likeness (QED) is 0.696. The number of methoxy groups -OCH3 is 2. The number of para-hydroxylation sites is 1. The van der Waals surface area contributed by atoms with E-state index in [1.165, 1.54) is 4.52 Å². The fraction of sp³-hybridized carbons (Fsp3) is 0.231. The van der Waals surface area contributed by atoms with E-state index in [9.17, 15) is 4.79 Å². The predicted molar refractivity (Wildman–Crippen MR) is 78.2 cm³/mol. The van der Waals surface area contributed by atoms with Gasteiger partial charge >= 0.3 is 0 Å². The summed E-state index contributed by atoms with van der Waals surface area (Å²) >= 11 is 0. The maximum absolute atomic E-state index is 12.1. The van der Waals surface area contributed by atoms with Crippen LogP contribution in [0.15, 0.2) is 23.0 Å². The number of benzene rings is 1. The number of fused-ring (bicyclic) bond motifs is 1. The highest BCUT2D eigenvalue weighted by molar-refractivity contribution is 5.48. The molecule has 3 aromatic rings. The molecule has 0 atom stereocenters. The van der Waals surface area contributed by atoms with Crippen LogP contribution >= 0.6 is 0 Å². The van der Waals surface area contributed by atoms with Crippen molar-refractivity contribution in [3.63, 3.8) is 0 Å². The van der Waals surface area contributed by atoms with E-state index in [4.69, 9.17) is 15.2 Å². The van der Waals surface area contributed by atoms with Crippen molar-refractivity contribution in [2.45, 2.75) is 6.42 Å². The summed E-state index contributed by atoms with van der Waals surface area (Å²) in [6, 6.07) is 5.43. The van der Waals surface area contributed by atoms with Gasteiger partial charge in [-0.3, -0.25) is 9.78 Å². The molecule has 0 saturated carbocycles. The van der Waals surface area contributed by atoms with Gasteiger partial charge in [0.2, 0.25) is 5.95 Å². The Morgan fingerprint density at radius 3 is 2.82 bits per heavy atom. The van der Waals surface area contributed by atoms with Gasteiger partial charge in [-0.05, 0) is 6.07 Å². The first-order valence-corrected chi connectivity index (χ1v) is 6.44. The van der Waals surface area contributed by atoms with E-state index in [-0.39, 0.29) is 29.4 Å². The maximum atomic E-state index is 12.1. The van der Waals surface area contributed by atoms with E-state index in [0.717, 1.165) is 5.56 Å². The molecule has 0 radical (unpaired) electrons. The monoisotopic (exact) mass is 302 g/mol. The number of nitrogens with one attached hydrogen (secondary N) is 1. The van der Waals surface area contributed by atoms with Gasteiger partial charge in [0, 0.05) is 12.0 Å². The van der Waals surface area contributed by atoms with E-state index in [1.54, 1.807) is 20.3 Å². The number of nitrogen functional groups attached to an aromatic ring is 1. The number of nitrogens with zero attached hydrogens (tertiary/aromatic N) is 4. The molecular formula is C13H14N6O3. The van der Waals surface area contributed by atoms with Crippen LogP contribution in [0.2, 0.25) is 0 Å². The van der Waals surface area contributed by atoms with Crippen LogP contribution in [0.4, 0.5) is 5.95 Å². The highest BCUT2D eigenvalue weighted by Crippen LogP contribution is 2.31. The summed E-state index contributed by atoms with van der Waals surface area (Å²) in [6.45, 7) is 0. The molecule has 0 unspecified atom stereocenters. The molecule has 2 heterocycles. The topological polar surface area (TPSA) is 120 Å². The van der Waals surface area contributed by atoms with Crippen molar-refractivity contribution in [1.82, 2.24) is 24.8 Å². The number of H-pyrrole nitrogens is 1. The summed E-state index contributed by atoms with van der Waals surface area (Å²) in [5.74, 6) is 1.44. The zero-order valence-electron chi connectivity index (χ0n) is 12.0. The standard InChI is InChI=1S/C13H14N6O3/c1-21-9-5-3-4-7(10(9)22-2)6-8-11(20)15-13-17-16-12(14)19(13)18-8/h3-5H,6H2,1-2H3,(H2,14,16)(H,15,17,20). The van der Waals surface area contributed by atoms with Gasteiger partial charge in [0.05, 0.1) is 14.2 Å². The Kier molecular flexibility index (Phi) is 3.37. The van der Waals surface area contributed by atoms with Gasteiger partial charge < -0.3 is 15.2 Å². The lowest BCUT2D eigenvalue weighted by atomic mass is 10.1. The van der Waals surface area contributed by atoms with Crippen LogP contribution in [0.25, 0.3) is 5.78 Å². The van der Waals surface area contributed by atoms with Gasteiger partial charge in [0.1, 0.15) is 5.69 Å². The van der Waals surface area contributed by atoms with Crippen LogP contribution < -0.4 is 20.8 Å². The van der Waals surface area contributed by atoms with E-state index < -0.39 is 0 Å². The molecular weight excluding hydrogens is 288 g/mol. The van der Waals surface area contributed by atoms with Gasteiger partial charge in [0.25, 0.3) is 11.3 Å². The summed E-state index contributed by atoms with van der Waals surface area (Å²) < 4.78 is 11.9. The fourth-order valence-corrected chi connectivity index (χ4v) is 2.20. The number of hydrogen-bond acceptors (Lipinski definition) is 7. The highest BCUT2D eigenvalue weighted by Gasteiger charge is 2.14. The van der Waals surface area contributed by atoms with E-state index in [2.05, 4.69) is 20.3 Å². The Bertz CT molecular complexity index is 885. The van der Waals surface area contributed by atoms with Crippen LogP contribution in [0.5, 0.6) is 11.5 Å². The zero-order chi connectivity index (χ0) is 15.7. The second kappa shape index (κ2) is 5.35. The number of aromatic amines is 1. The molecule has 114 valence electrons. The molecule has 1 aromatic carbocycles. The van der Waals surface area contributed by atoms with Crippen LogP contribution in [-0.2, 0) is 6.42 Å². The summed E-state index contributed by atoms with van der Waals surface area (Å²) in [5.41, 5.74) is 6.33. The summed E-state index contributed by atoms with van der Waals surface area (Å²) in [7, 11) is 3.09. The molecule has 3 N–H and O–H groups in total. The van der Waals surface area contributed by atoms with Gasteiger partial charge in [-0.1, -0.05) is 12.1 Å². The van der Waals surface area contributed by atoms with E-state index >= 15 is 0 Å². The first kappa shape index (κ1) is 13.9. The lowest BCUT2D eigenvalue weighted by Gasteiger charge is -2.11. The normalized spacial score (nSPS) is 10.8. The molecule has 0 aliphatic rings. The first-order chi connectivity index (χ1) is 10.6. The number of ether oxygens (including phenoxy) is 2. The Hall–Kier alpha value is -3.10. The second-order valence-electron chi connectivity index (χ2n) is 4.52. The molecule has 0 aliphatic carbocycles. The fourth-order valence-electron chi connectivity index (χ4n) is 2.20. The van der Waals surface area contributed by atoms with Crippen LogP contribution in [0.1, 0.15) is 11.3 Å². The second-order valence-corrected chi connectivity index (χ2v) is 4.52. The van der Waals surface area contributed by atoms with Crippen molar-refractivity contribution in [3.05, 3.63) is 39.8 Å². The average Bonchev–Trinajstić information content (AvgIpc) is 2.88. The molecule has 3 rings (SSSR count). The van der Waals surface area contributed by atoms with Crippen molar-refractivity contribution in [1.29, 1.82) is 0 Å². The number of anilines is 1. The largest absolute Gasteiger partial charge is 0.493 e. The van der Waals surface area contributed by atoms with Crippen molar-refractivity contribution in [2.24, 2.45) is 0 Å². The molecule has 9 heteroatoms. The van der Waals surface area contributed by atoms with E-state index in [1.807, 2.05) is 12.1 Å². The van der Waals surface area contributed by atoms with Crippen LogP contribution in [-0.4, -0.2) is 39.0 Å². The van der Waals surface area contributed by atoms with Crippen LogP contribution in [0, 0.1) is 0 Å². The Balaban J connectivity index is 2.08. The number of hydrogen-bond donors (Lipinski definition) is 2. The maximum Gasteiger partial charge on any atom is 0.274 e. The van der Waals surface area contributed by atoms with Crippen LogP contribution in [0.3, 0.4) is 0 Å². The smallest absolute Gasteiger partial charge is 0.274 e. The SMILES string of the molecule is COc1cccc(Cc2nn3c(N)nnc3[nH]c2=O)c1OC. The van der Waals surface area contributed by atoms with Gasteiger partial charge in [-0.25, -0.2) is 0 Å². The molecule has 0 saturated heterocycles. The third kappa shape index (κ3) is 2.22. The molecule has 0 spiro atoms. The Morgan fingerprint density at radius 1 is 1.27 bits per heavy atom. The first-order valence-electron chi connectivity index (χ1n) is 6.44. The minimum Gasteiger partial charge on any atom is -0.493 e. The third-order valence-corrected chi connectivity index (χ3v) is 3.22. The molecule has 0 amide bonds. The molecule has 9 nitrogen and oxygen atoms in total. The minimum absolute atomic E-state index is 0.102. The molecule has 2 aromatic heterocycles. The average molecular weight is 302 g/mol. The lowest BCUT2D eigenvalue weighted by Crippen LogP contribution is -2.19. The van der Waals surface area contributed by atoms with Crippen molar-refractivity contribution in [3.8, 4) is 11.5 Å². The van der Waals surface area contributed by atoms with Crippen molar-refractivity contribution in [2.75, 3.05) is 20.0 Å². The molecule has 0 bridgehead atoms. The number of rotatable bonds is 4. The Labute approximate surface area is 124 Å². The van der Waals surface area contributed by atoms with Gasteiger partial charge in [0.15, 0.2) is 11.5 Å². The number of nitrogens with two attached hydrogens (primary N) is 1. The Morgan fingerprint density at radius 2 is 2.09 bits per heavy atom. The molecule has 0 aliphatic heterocycles. The summed E-state index contributed by atoms with van der Waals surface area (Å²) in [4.78, 5) is 14.7. The highest BCUT2D eigenvalue weighted by atomic mass is 16.5. The van der Waals surface area contributed by atoms with E-state index in [0.29, 0.717) is 11.5 Å². The predicted octanol–water partition coefficient (Wildman–Crippen LogP) is 0.00280. The summed E-state index contributed by atoms with van der Waals surface area (Å²) in [6.07, 6.45) is 0.253. The van der Waals surface area contributed by atoms with Crippen molar-refractivity contribution >= 4 is 11.7 Å². The molecule has 22 heavy (non-hydrogen) atoms. The third-order valence-electron chi connectivity index (χ3n) is 3.22. The minimum atomic E-state index is -0.357. The van der Waals surface area contributed by atoms with Crippen molar-refractivity contribution < 1.29 is 9.47 Å². The number of aromatic nitrogens is 5. The van der Waals surface area contributed by atoms with Gasteiger partial charge in [-0.15, -0.1) is 10.2 Å². The van der Waals surface area contributed by atoms with Gasteiger partial charge in [-0.2, -0.15) is 9.61 Å².